The minimum absolute atomic E-state index is 0.783. The molecule has 6 rings (SSSR count). The molecule has 0 radical (unpaired) electrons. The van der Waals surface area contributed by atoms with Crippen molar-refractivity contribution >= 4 is 47.8 Å². The fraction of sp³-hybridized carbons (Fsp3) is 0.0769. The monoisotopic (exact) mass is 749 g/mol. The molecule has 0 aliphatic carbocycles. The van der Waals surface area contributed by atoms with Crippen LogP contribution in [0.3, 0.4) is 0 Å². The van der Waals surface area contributed by atoms with Gasteiger partial charge in [-0.25, -0.2) is 0 Å². The van der Waals surface area contributed by atoms with Gasteiger partial charge in [-0.15, -0.1) is 0 Å². The first-order chi connectivity index (χ1) is 21.0. The van der Waals surface area contributed by atoms with Crippen molar-refractivity contribution in [3.05, 3.63) is 176 Å². The molecule has 0 heterocycles. The van der Waals surface area contributed by atoms with Gasteiger partial charge in [0.25, 0.3) is 0 Å². The molecule has 212 valence electrons. The predicted octanol–water partition coefficient (Wildman–Crippen LogP) is 12.2. The zero-order valence-electron chi connectivity index (χ0n) is 23.6. The highest BCUT2D eigenvalue weighted by Gasteiger charge is 2.16. The van der Waals surface area contributed by atoms with Crippen LogP contribution in [-0.4, -0.2) is 4.90 Å². The lowest BCUT2D eigenvalue weighted by Crippen LogP contribution is -2.23. The molecular weight excluding hydrogens is 722 g/mol. The second-order valence-electron chi connectivity index (χ2n) is 10.7. The van der Waals surface area contributed by atoms with E-state index in [4.69, 9.17) is 0 Å². The van der Waals surface area contributed by atoms with E-state index in [2.05, 4.69) is 198 Å². The molecular formula is C39H30Br3N. The Kier molecular flexibility index (Phi) is 9.70. The summed E-state index contributed by atoms with van der Waals surface area (Å²) in [7, 11) is 0. The van der Waals surface area contributed by atoms with E-state index in [1.807, 2.05) is 0 Å². The summed E-state index contributed by atoms with van der Waals surface area (Å²) >= 11 is 11.6. The van der Waals surface area contributed by atoms with Gasteiger partial charge < -0.3 is 0 Å². The molecule has 0 saturated heterocycles. The van der Waals surface area contributed by atoms with E-state index < -0.39 is 0 Å². The van der Waals surface area contributed by atoms with Crippen molar-refractivity contribution in [3.63, 3.8) is 0 Å². The van der Waals surface area contributed by atoms with Crippen LogP contribution in [0, 0.1) is 0 Å². The molecule has 6 aromatic carbocycles. The van der Waals surface area contributed by atoms with E-state index >= 15 is 0 Å². The van der Waals surface area contributed by atoms with Gasteiger partial charge in [-0.05, 0) is 86.5 Å². The summed E-state index contributed by atoms with van der Waals surface area (Å²) < 4.78 is 3.35. The van der Waals surface area contributed by atoms with E-state index in [1.54, 1.807) is 0 Å². The van der Waals surface area contributed by atoms with E-state index in [0.717, 1.165) is 33.1 Å². The molecule has 0 aromatic heterocycles. The summed E-state index contributed by atoms with van der Waals surface area (Å²) in [6, 6.07) is 51.8. The highest BCUT2D eigenvalue weighted by molar-refractivity contribution is 9.11. The van der Waals surface area contributed by atoms with Crippen LogP contribution in [0.1, 0.15) is 16.7 Å². The lowest BCUT2D eigenvalue weighted by molar-refractivity contribution is 0.246. The van der Waals surface area contributed by atoms with Crippen molar-refractivity contribution in [1.29, 1.82) is 0 Å². The third-order valence-electron chi connectivity index (χ3n) is 7.64. The number of rotatable bonds is 9. The second kappa shape index (κ2) is 14.0. The highest BCUT2D eigenvalue weighted by atomic mass is 79.9. The Balaban J connectivity index is 1.37. The first-order valence-electron chi connectivity index (χ1n) is 14.3. The van der Waals surface area contributed by atoms with Gasteiger partial charge in [-0.3, -0.25) is 4.90 Å². The minimum Gasteiger partial charge on any atom is -0.290 e. The van der Waals surface area contributed by atoms with Crippen molar-refractivity contribution in [1.82, 2.24) is 4.90 Å². The molecule has 0 spiro atoms. The van der Waals surface area contributed by atoms with E-state index in [1.165, 1.54) is 50.1 Å². The van der Waals surface area contributed by atoms with Crippen LogP contribution in [0.5, 0.6) is 0 Å². The summed E-state index contributed by atoms with van der Waals surface area (Å²) in [4.78, 5) is 2.53. The first kappa shape index (κ1) is 29.8. The molecule has 0 unspecified atom stereocenters. The van der Waals surface area contributed by atoms with E-state index in [9.17, 15) is 0 Å². The molecule has 0 atom stereocenters. The average Bonchev–Trinajstić information content (AvgIpc) is 3.05. The summed E-state index contributed by atoms with van der Waals surface area (Å²) in [5.74, 6) is 0. The van der Waals surface area contributed by atoms with Crippen LogP contribution in [0.4, 0.5) is 0 Å². The SMILES string of the molecule is Brc1ccc(-c2ccccc2)cc1CN(Cc1cc(-c2ccccc2)ccc1Br)Cc1cc(-c2ccccc2)ccc1Br. The Bertz CT molecular complexity index is 1600. The quantitative estimate of drug-likeness (QED) is 0.142. The number of halogens is 3. The third kappa shape index (κ3) is 7.45. The Hall–Kier alpha value is -3.28. The average molecular weight is 752 g/mol. The van der Waals surface area contributed by atoms with Crippen LogP contribution >= 0.6 is 47.8 Å². The van der Waals surface area contributed by atoms with Gasteiger partial charge in [0.2, 0.25) is 0 Å². The van der Waals surface area contributed by atoms with Crippen LogP contribution in [0.25, 0.3) is 33.4 Å². The third-order valence-corrected chi connectivity index (χ3v) is 9.96. The largest absolute Gasteiger partial charge is 0.290 e. The molecule has 0 bridgehead atoms. The Morgan fingerprint density at radius 3 is 0.884 bits per heavy atom. The summed E-state index contributed by atoms with van der Waals surface area (Å²) in [6.07, 6.45) is 0. The zero-order valence-corrected chi connectivity index (χ0v) is 28.3. The molecule has 6 aromatic rings. The predicted molar refractivity (Wildman–Crippen MR) is 192 cm³/mol. The molecule has 0 amide bonds. The number of hydrogen-bond donors (Lipinski definition) is 0. The maximum atomic E-state index is 3.87. The Morgan fingerprint density at radius 2 is 0.605 bits per heavy atom. The maximum absolute atomic E-state index is 3.87. The number of nitrogens with zero attached hydrogens (tertiary/aromatic N) is 1. The lowest BCUT2D eigenvalue weighted by Gasteiger charge is -2.25. The normalized spacial score (nSPS) is 11.2. The van der Waals surface area contributed by atoms with Gasteiger partial charge in [0.15, 0.2) is 0 Å². The number of hydrogen-bond acceptors (Lipinski definition) is 1. The topological polar surface area (TPSA) is 3.24 Å². The lowest BCUT2D eigenvalue weighted by atomic mass is 10.0. The van der Waals surface area contributed by atoms with Crippen LogP contribution in [0.15, 0.2) is 159 Å². The molecule has 0 aliphatic rings. The van der Waals surface area contributed by atoms with E-state index in [0.29, 0.717) is 0 Å². The molecule has 4 heteroatoms. The number of benzene rings is 6. The van der Waals surface area contributed by atoms with Crippen molar-refractivity contribution in [2.75, 3.05) is 0 Å². The van der Waals surface area contributed by atoms with Crippen molar-refractivity contribution < 1.29 is 0 Å². The van der Waals surface area contributed by atoms with Crippen molar-refractivity contribution in [3.8, 4) is 33.4 Å². The molecule has 1 nitrogen and oxygen atoms in total. The summed E-state index contributed by atoms with van der Waals surface area (Å²) in [5, 5.41) is 0. The fourth-order valence-corrected chi connectivity index (χ4v) is 6.52. The summed E-state index contributed by atoms with van der Waals surface area (Å²) in [5.41, 5.74) is 11.1. The van der Waals surface area contributed by atoms with Gasteiger partial charge in [-0.1, -0.05) is 157 Å². The molecule has 0 aliphatic heterocycles. The van der Waals surface area contributed by atoms with Crippen molar-refractivity contribution in [2.45, 2.75) is 19.6 Å². The minimum atomic E-state index is 0.783. The van der Waals surface area contributed by atoms with Gasteiger partial charge in [-0.2, -0.15) is 0 Å². The second-order valence-corrected chi connectivity index (χ2v) is 13.2. The van der Waals surface area contributed by atoms with Gasteiger partial charge in [0, 0.05) is 33.1 Å². The smallest absolute Gasteiger partial charge is 0.0252 e. The zero-order chi connectivity index (χ0) is 29.6. The maximum Gasteiger partial charge on any atom is 0.0252 e. The Labute approximate surface area is 279 Å². The standard InChI is InChI=1S/C39H30Br3N/c40-37-19-16-31(28-10-4-1-5-11-28)22-34(37)25-43(26-35-23-32(17-20-38(35)41)29-12-6-2-7-13-29)27-36-24-33(18-21-39(36)42)30-14-8-3-9-15-30/h1-24H,25-27H2. The molecule has 0 fully saturated rings. The van der Waals surface area contributed by atoms with Crippen LogP contribution in [-0.2, 0) is 19.6 Å². The highest BCUT2D eigenvalue weighted by Crippen LogP contribution is 2.32. The van der Waals surface area contributed by atoms with Crippen molar-refractivity contribution in [2.24, 2.45) is 0 Å². The molecule has 43 heavy (non-hydrogen) atoms. The van der Waals surface area contributed by atoms with Gasteiger partial charge >= 0.3 is 0 Å². The Morgan fingerprint density at radius 1 is 0.326 bits per heavy atom. The fourth-order valence-electron chi connectivity index (χ4n) is 5.41. The molecule has 0 saturated carbocycles. The van der Waals surface area contributed by atoms with Gasteiger partial charge in [0.1, 0.15) is 0 Å². The van der Waals surface area contributed by atoms with Crippen LogP contribution < -0.4 is 0 Å². The van der Waals surface area contributed by atoms with Gasteiger partial charge in [0.05, 0.1) is 0 Å². The molecule has 0 N–H and O–H groups in total. The summed E-state index contributed by atoms with van der Waals surface area (Å²) in [6.45, 7) is 2.35. The van der Waals surface area contributed by atoms with Crippen LogP contribution in [0.2, 0.25) is 0 Å². The van der Waals surface area contributed by atoms with E-state index in [-0.39, 0.29) is 0 Å². The first-order valence-corrected chi connectivity index (χ1v) is 16.7.